The van der Waals surface area contributed by atoms with Crippen molar-refractivity contribution in [2.45, 2.75) is 48.3 Å². The van der Waals surface area contributed by atoms with E-state index in [2.05, 4.69) is 5.32 Å². The third kappa shape index (κ3) is 10.2. The summed E-state index contributed by atoms with van der Waals surface area (Å²) < 4.78 is 204. The number of sulfonamides is 2. The number of hydrogen-bond donors (Lipinski definition) is 2. The predicted octanol–water partition coefficient (Wildman–Crippen LogP) is 7.44. The number of benzene rings is 4. The number of nitrogens with zero attached hydrogens (tertiary/aromatic N) is 3. The van der Waals surface area contributed by atoms with Crippen molar-refractivity contribution in [3.63, 3.8) is 0 Å². The van der Waals surface area contributed by atoms with Gasteiger partial charge in [-0.1, -0.05) is 72.8 Å². The lowest BCUT2D eigenvalue weighted by molar-refractivity contribution is -0.325. The molecule has 4 aromatic carbocycles. The van der Waals surface area contributed by atoms with Crippen LogP contribution in [0.15, 0.2) is 94.7 Å². The molecule has 2 heterocycles. The van der Waals surface area contributed by atoms with E-state index in [1.165, 1.54) is 12.1 Å². The zero-order chi connectivity index (χ0) is 47.6. The molecule has 0 radical (unpaired) electrons. The summed E-state index contributed by atoms with van der Waals surface area (Å²) >= 11 is 0. The Labute approximate surface area is 352 Å². The zero-order valence-electron chi connectivity index (χ0n) is 32.8. The summed E-state index contributed by atoms with van der Waals surface area (Å²) in [6, 6.07) is 24.3. The summed E-state index contributed by atoms with van der Waals surface area (Å²) in [7, 11) is -7.47. The molecule has 2 saturated heterocycles. The first-order chi connectivity index (χ1) is 28.8. The SMILES string of the molecule is CC(C(=O)N1CCN(S(=O)(=O)c2cccc3ccccc23)CC1)(C(F)(F)F)C(F)(F)F.CC(C(=O)O)(C(F)(F)F)C(F)(F)F.O=S(=O)(c1cccc2ccccc12)N1CCNCC1. The standard InChI is InChI=1S/C19H18F6N2O3S.C14H16N2O2S.C5H4F6O2/c1-17(18(20,21)22,19(23,24)25)16(28)26-9-11-27(12-10-26)31(29,30)15-8-4-6-13-5-2-3-7-14(13)15;17-19(18,16-10-8-15-9-11-16)14-7-3-5-12-4-1-2-6-13(12)14;1-3(2(12)13,4(6,7)8)5(9,10)11/h2-8H,9-12H2,1H3;1-7,15H,8-11H2;1H3,(H,12,13). The topological polar surface area (TPSA) is 144 Å². The molecular formula is C38H38F12N4O7S2. The lowest BCUT2D eigenvalue weighted by atomic mass is 9.86. The molecule has 1 amide bonds. The molecular weight excluding hydrogens is 917 g/mol. The van der Waals surface area contributed by atoms with E-state index in [1.807, 2.05) is 30.3 Å². The molecule has 2 N–H and O–H groups in total. The van der Waals surface area contributed by atoms with Gasteiger partial charge in [0.1, 0.15) is 0 Å². The van der Waals surface area contributed by atoms with Crippen molar-refractivity contribution in [1.29, 1.82) is 0 Å². The second kappa shape index (κ2) is 18.4. The van der Waals surface area contributed by atoms with E-state index in [-0.39, 0.29) is 11.8 Å². The van der Waals surface area contributed by atoms with Gasteiger partial charge in [0.15, 0.2) is 0 Å². The first-order valence-corrected chi connectivity index (χ1v) is 21.2. The Kier molecular flexibility index (Phi) is 14.9. The predicted molar refractivity (Wildman–Crippen MR) is 203 cm³/mol. The summed E-state index contributed by atoms with van der Waals surface area (Å²) in [5, 5.41) is 13.9. The van der Waals surface area contributed by atoms with Crippen LogP contribution < -0.4 is 5.32 Å². The smallest absolute Gasteiger partial charge is 0.413 e. The van der Waals surface area contributed by atoms with Gasteiger partial charge in [-0.15, -0.1) is 0 Å². The summed E-state index contributed by atoms with van der Waals surface area (Å²) in [5.41, 5.74) is -9.28. The average Bonchev–Trinajstić information content (AvgIpc) is 3.21. The Morgan fingerprint density at radius 3 is 1.17 bits per heavy atom. The minimum atomic E-state index is -5.86. The number of piperazine rings is 2. The fourth-order valence-corrected chi connectivity index (χ4v) is 9.55. The molecule has 0 atom stereocenters. The molecule has 4 aromatic rings. The van der Waals surface area contributed by atoms with E-state index in [4.69, 9.17) is 5.11 Å². The van der Waals surface area contributed by atoms with Crippen LogP contribution in [0.5, 0.6) is 0 Å². The minimum absolute atomic E-state index is 0.0270. The number of aliphatic carboxylic acids is 1. The molecule has 11 nitrogen and oxygen atoms in total. The summed E-state index contributed by atoms with van der Waals surface area (Å²) in [4.78, 5) is 22.9. The first kappa shape index (κ1) is 50.9. The Morgan fingerprint density at radius 1 is 0.508 bits per heavy atom. The van der Waals surface area contributed by atoms with Gasteiger partial charge in [0.05, 0.1) is 9.79 Å². The Hall–Kier alpha value is -4.72. The number of halogens is 12. The monoisotopic (exact) mass is 954 g/mol. The molecule has 2 fully saturated rings. The number of carboxylic acids is 1. The number of fused-ring (bicyclic) bond motifs is 2. The van der Waals surface area contributed by atoms with E-state index >= 15 is 0 Å². The first-order valence-electron chi connectivity index (χ1n) is 18.3. The van der Waals surface area contributed by atoms with Gasteiger partial charge >= 0.3 is 30.7 Å². The molecule has 6 rings (SSSR count). The molecule has 0 aromatic heterocycles. The van der Waals surface area contributed by atoms with Gasteiger partial charge in [-0.2, -0.15) is 61.3 Å². The van der Waals surface area contributed by atoms with E-state index < -0.39 is 101 Å². The summed E-state index contributed by atoms with van der Waals surface area (Å²) in [6.45, 7) is -0.170. The highest BCUT2D eigenvalue weighted by atomic mass is 32.2. The Morgan fingerprint density at radius 2 is 0.841 bits per heavy atom. The number of carbonyl (C=O) groups excluding carboxylic acids is 1. The number of hydrogen-bond acceptors (Lipinski definition) is 7. The van der Waals surface area contributed by atoms with Gasteiger partial charge < -0.3 is 15.3 Å². The van der Waals surface area contributed by atoms with Crippen LogP contribution >= 0.6 is 0 Å². The van der Waals surface area contributed by atoms with E-state index in [0.29, 0.717) is 46.7 Å². The van der Waals surface area contributed by atoms with Crippen LogP contribution in [0, 0.1) is 10.8 Å². The van der Waals surface area contributed by atoms with Crippen molar-refractivity contribution < 1.29 is 84.2 Å². The highest BCUT2D eigenvalue weighted by Gasteiger charge is 2.74. The number of carboxylic acid groups (broad SMARTS) is 1. The quantitative estimate of drug-likeness (QED) is 0.190. The molecule has 2 aliphatic heterocycles. The molecule has 0 bridgehead atoms. The van der Waals surface area contributed by atoms with Crippen molar-refractivity contribution in [2.75, 3.05) is 52.4 Å². The van der Waals surface area contributed by atoms with Crippen LogP contribution in [0.4, 0.5) is 52.7 Å². The number of carbonyl (C=O) groups is 2. The Bertz CT molecular complexity index is 2460. The Balaban J connectivity index is 0.000000231. The molecule has 348 valence electrons. The van der Waals surface area contributed by atoms with Gasteiger partial charge in [-0.3, -0.25) is 9.59 Å². The third-order valence-electron chi connectivity index (χ3n) is 10.5. The number of alkyl halides is 12. The fourth-order valence-electron chi connectivity index (χ4n) is 6.26. The number of amides is 1. The van der Waals surface area contributed by atoms with Crippen LogP contribution in [-0.2, 0) is 29.6 Å². The summed E-state index contributed by atoms with van der Waals surface area (Å²) in [5.74, 6) is -5.11. The maximum Gasteiger partial charge on any atom is 0.413 e. The number of nitrogens with one attached hydrogen (secondary N) is 1. The van der Waals surface area contributed by atoms with Gasteiger partial charge in [0.2, 0.25) is 31.4 Å². The minimum Gasteiger partial charge on any atom is -0.480 e. The van der Waals surface area contributed by atoms with Crippen LogP contribution in [0.2, 0.25) is 0 Å². The lowest BCUT2D eigenvalue weighted by Crippen LogP contribution is -2.61. The van der Waals surface area contributed by atoms with Gasteiger partial charge in [0.25, 0.3) is 5.41 Å². The molecule has 0 aliphatic carbocycles. The zero-order valence-corrected chi connectivity index (χ0v) is 34.5. The van der Waals surface area contributed by atoms with Crippen molar-refractivity contribution in [3.05, 3.63) is 84.9 Å². The fraction of sp³-hybridized carbons (Fsp3) is 0.421. The highest BCUT2D eigenvalue weighted by Crippen LogP contribution is 2.52. The van der Waals surface area contributed by atoms with E-state index in [9.17, 15) is 79.1 Å². The van der Waals surface area contributed by atoms with Crippen molar-refractivity contribution in [3.8, 4) is 0 Å². The maximum absolute atomic E-state index is 13.2. The van der Waals surface area contributed by atoms with E-state index in [1.54, 1.807) is 46.8 Å². The van der Waals surface area contributed by atoms with Crippen LogP contribution in [-0.4, -0.2) is 124 Å². The molecule has 2 aliphatic rings. The third-order valence-corrected chi connectivity index (χ3v) is 14.4. The maximum atomic E-state index is 13.2. The molecule has 25 heteroatoms. The van der Waals surface area contributed by atoms with Gasteiger partial charge in [0, 0.05) is 63.1 Å². The second-order valence-electron chi connectivity index (χ2n) is 14.4. The number of rotatable bonds is 6. The van der Waals surface area contributed by atoms with Crippen molar-refractivity contribution in [1.82, 2.24) is 18.8 Å². The molecule has 63 heavy (non-hydrogen) atoms. The molecule has 0 spiro atoms. The van der Waals surface area contributed by atoms with Crippen molar-refractivity contribution >= 4 is 53.5 Å². The summed E-state index contributed by atoms with van der Waals surface area (Å²) in [6.07, 6.45) is -23.4. The average molecular weight is 955 g/mol. The van der Waals surface area contributed by atoms with E-state index in [0.717, 1.165) is 15.1 Å². The van der Waals surface area contributed by atoms with Gasteiger partial charge in [-0.25, -0.2) is 16.8 Å². The van der Waals surface area contributed by atoms with Crippen LogP contribution in [0.1, 0.15) is 13.8 Å². The normalized spacial score (nSPS) is 16.8. The highest BCUT2D eigenvalue weighted by molar-refractivity contribution is 7.89. The van der Waals surface area contributed by atoms with Gasteiger partial charge in [-0.05, 0) is 36.8 Å². The molecule has 0 saturated carbocycles. The lowest BCUT2D eigenvalue weighted by Gasteiger charge is -2.40. The van der Waals surface area contributed by atoms with Crippen LogP contribution in [0.3, 0.4) is 0 Å². The largest absolute Gasteiger partial charge is 0.480 e. The molecule has 0 unspecified atom stereocenters. The van der Waals surface area contributed by atoms with Crippen molar-refractivity contribution in [2.24, 2.45) is 10.8 Å². The van der Waals surface area contributed by atoms with Crippen LogP contribution in [0.25, 0.3) is 21.5 Å². The second-order valence-corrected chi connectivity index (χ2v) is 18.2.